The van der Waals surface area contributed by atoms with E-state index >= 15 is 0 Å². The molecule has 0 N–H and O–H groups in total. The first-order valence-electron chi connectivity index (χ1n) is 13.1. The number of esters is 2. The van der Waals surface area contributed by atoms with Crippen molar-refractivity contribution in [3.05, 3.63) is 96.3 Å². The van der Waals surface area contributed by atoms with E-state index in [0.29, 0.717) is 6.54 Å². The molecule has 4 aromatic rings. The van der Waals surface area contributed by atoms with E-state index in [1.54, 1.807) is 13.2 Å². The Morgan fingerprint density at radius 1 is 0.829 bits per heavy atom. The molecule has 0 aliphatic heterocycles. The number of carbonyl (C=O) groups excluding carboxylic acids is 2. The highest BCUT2D eigenvalue weighted by Crippen LogP contribution is 2.40. The van der Waals surface area contributed by atoms with E-state index in [1.807, 2.05) is 78.0 Å². The fourth-order valence-corrected chi connectivity index (χ4v) is 5.53. The molecule has 41 heavy (non-hydrogen) atoms. The lowest BCUT2D eigenvalue weighted by Crippen LogP contribution is -2.35. The van der Waals surface area contributed by atoms with Crippen molar-refractivity contribution in [2.75, 3.05) is 37.1 Å². The van der Waals surface area contributed by atoms with Crippen molar-refractivity contribution in [3.8, 4) is 5.75 Å². The minimum atomic E-state index is -0.376. The number of anilines is 2. The number of halogens is 1. The zero-order valence-electron chi connectivity index (χ0n) is 23.5. The molecular weight excluding hydrogens is 543 g/mol. The minimum Gasteiger partial charge on any atom is -0.497 e. The molecular formula is C32H33FN2O5S. The average molecular weight is 577 g/mol. The van der Waals surface area contributed by atoms with Gasteiger partial charge in [-0.1, -0.05) is 36.4 Å². The molecule has 0 unspecified atom stereocenters. The number of fused-ring (bicyclic) bond motifs is 1. The number of hydrogen-bond acceptors (Lipinski definition) is 8. The summed E-state index contributed by atoms with van der Waals surface area (Å²) >= 11 is 1.42. The molecule has 0 amide bonds. The van der Waals surface area contributed by atoms with E-state index in [1.165, 1.54) is 38.3 Å². The van der Waals surface area contributed by atoms with Crippen LogP contribution in [0.5, 0.6) is 5.75 Å². The quantitative estimate of drug-likeness (QED) is 0.138. The third kappa shape index (κ3) is 7.49. The Balaban J connectivity index is 1.79. The van der Waals surface area contributed by atoms with Crippen molar-refractivity contribution in [3.63, 3.8) is 0 Å². The molecule has 214 valence electrons. The molecule has 0 radical (unpaired) electrons. The predicted octanol–water partition coefficient (Wildman–Crippen LogP) is 6.63. The summed E-state index contributed by atoms with van der Waals surface area (Å²) in [6, 6.07) is 25.6. The summed E-state index contributed by atoms with van der Waals surface area (Å²) < 4.78 is 31.2. The van der Waals surface area contributed by atoms with Crippen LogP contribution in [0, 0.1) is 5.82 Å². The first-order chi connectivity index (χ1) is 19.8. The van der Waals surface area contributed by atoms with E-state index in [4.69, 9.17) is 14.2 Å². The van der Waals surface area contributed by atoms with Gasteiger partial charge in [-0.2, -0.15) is 0 Å². The van der Waals surface area contributed by atoms with Crippen LogP contribution in [0.3, 0.4) is 0 Å². The molecule has 4 rings (SSSR count). The SMILES string of the molecule is COC(=O)C[C@H](C)N(Cc1cccc(F)c1)c1ccc(N(CC(=O)OC)Sc2ccc(OC)cc2)c2ccccc12. The minimum absolute atomic E-state index is 0.0162. The molecule has 0 aliphatic rings. The Bertz CT molecular complexity index is 1500. The standard InChI is InChI=1S/C32H33FN2O5S/c1-22(18-31(36)39-3)34(20-23-8-7-9-24(33)19-23)29-16-17-30(28-11-6-5-10-27(28)29)35(21-32(37)40-4)41-26-14-12-25(38-2)13-15-26/h5-17,19,22H,18,20-21H2,1-4H3/t22-/m0/s1. The van der Waals surface area contributed by atoms with Crippen molar-refractivity contribution < 1.29 is 28.2 Å². The van der Waals surface area contributed by atoms with Crippen molar-refractivity contribution in [2.24, 2.45) is 0 Å². The topological polar surface area (TPSA) is 68.3 Å². The highest BCUT2D eigenvalue weighted by Gasteiger charge is 2.23. The fourth-order valence-electron chi connectivity index (χ4n) is 4.59. The van der Waals surface area contributed by atoms with Gasteiger partial charge in [0.2, 0.25) is 0 Å². The second-order valence-corrected chi connectivity index (χ2v) is 10.5. The Morgan fingerprint density at radius 2 is 1.49 bits per heavy atom. The summed E-state index contributed by atoms with van der Waals surface area (Å²) in [7, 11) is 4.35. The van der Waals surface area contributed by atoms with Crippen molar-refractivity contribution in [1.29, 1.82) is 0 Å². The van der Waals surface area contributed by atoms with Crippen molar-refractivity contribution in [2.45, 2.75) is 30.8 Å². The maximum atomic E-state index is 14.1. The second-order valence-electron chi connectivity index (χ2n) is 9.42. The van der Waals surface area contributed by atoms with Gasteiger partial charge in [0.15, 0.2) is 0 Å². The highest BCUT2D eigenvalue weighted by atomic mass is 32.2. The normalized spacial score (nSPS) is 11.5. The lowest BCUT2D eigenvalue weighted by molar-refractivity contribution is -0.141. The second kappa shape index (κ2) is 13.9. The van der Waals surface area contributed by atoms with Crippen LogP contribution in [-0.4, -0.2) is 45.9 Å². The van der Waals surface area contributed by atoms with Gasteiger partial charge in [-0.25, -0.2) is 4.39 Å². The summed E-state index contributed by atoms with van der Waals surface area (Å²) in [5.41, 5.74) is 2.47. The third-order valence-corrected chi connectivity index (χ3v) is 7.72. The maximum absolute atomic E-state index is 14.1. The zero-order valence-corrected chi connectivity index (χ0v) is 24.3. The summed E-state index contributed by atoms with van der Waals surface area (Å²) in [5.74, 6) is -0.290. The lowest BCUT2D eigenvalue weighted by atomic mass is 10.0. The summed E-state index contributed by atoms with van der Waals surface area (Å²) in [6.45, 7) is 2.34. The molecule has 0 aromatic heterocycles. The predicted molar refractivity (Wildman–Crippen MR) is 161 cm³/mol. The van der Waals surface area contributed by atoms with Gasteiger partial charge in [-0.15, -0.1) is 0 Å². The Kier molecular flexibility index (Phi) is 10.1. The number of benzene rings is 4. The summed E-state index contributed by atoms with van der Waals surface area (Å²) in [6.07, 6.45) is 0.156. The molecule has 0 saturated carbocycles. The third-order valence-electron chi connectivity index (χ3n) is 6.70. The van der Waals surface area contributed by atoms with Crippen LogP contribution in [0.4, 0.5) is 15.8 Å². The Hall–Kier alpha value is -4.24. The Morgan fingerprint density at radius 3 is 2.12 bits per heavy atom. The van der Waals surface area contributed by atoms with Gasteiger partial charge in [0.1, 0.15) is 18.1 Å². The van der Waals surface area contributed by atoms with Gasteiger partial charge >= 0.3 is 11.9 Å². The van der Waals surface area contributed by atoms with Crippen LogP contribution >= 0.6 is 11.9 Å². The zero-order chi connectivity index (χ0) is 29.4. The molecule has 4 aromatic carbocycles. The number of ether oxygens (including phenoxy) is 3. The van der Waals surface area contributed by atoms with E-state index in [0.717, 1.165) is 38.4 Å². The van der Waals surface area contributed by atoms with Crippen molar-refractivity contribution in [1.82, 2.24) is 0 Å². The van der Waals surface area contributed by atoms with Crippen LogP contribution in [0.25, 0.3) is 10.8 Å². The van der Waals surface area contributed by atoms with Gasteiger partial charge < -0.3 is 23.4 Å². The number of carbonyl (C=O) groups is 2. The van der Waals surface area contributed by atoms with Crippen LogP contribution in [0.15, 0.2) is 89.8 Å². The molecule has 0 fully saturated rings. The van der Waals surface area contributed by atoms with Gasteiger partial charge in [0, 0.05) is 33.9 Å². The van der Waals surface area contributed by atoms with Crippen LogP contribution in [-0.2, 0) is 25.6 Å². The molecule has 7 nitrogen and oxygen atoms in total. The smallest absolute Gasteiger partial charge is 0.326 e. The number of methoxy groups -OCH3 is 3. The molecule has 0 saturated heterocycles. The van der Waals surface area contributed by atoms with E-state index < -0.39 is 0 Å². The van der Waals surface area contributed by atoms with Crippen LogP contribution < -0.4 is 13.9 Å². The van der Waals surface area contributed by atoms with Gasteiger partial charge in [-0.05, 0) is 73.0 Å². The Labute approximate surface area is 243 Å². The van der Waals surface area contributed by atoms with Gasteiger partial charge in [0.25, 0.3) is 0 Å². The maximum Gasteiger partial charge on any atom is 0.326 e. The first kappa shape index (κ1) is 29.7. The summed E-state index contributed by atoms with van der Waals surface area (Å²) in [5, 5.41) is 1.83. The number of hydrogen-bond donors (Lipinski definition) is 0. The average Bonchev–Trinajstić information content (AvgIpc) is 2.99. The fraction of sp³-hybridized carbons (Fsp3) is 0.250. The monoisotopic (exact) mass is 576 g/mol. The largest absolute Gasteiger partial charge is 0.497 e. The first-order valence-corrected chi connectivity index (χ1v) is 13.9. The summed E-state index contributed by atoms with van der Waals surface area (Å²) in [4.78, 5) is 27.7. The van der Waals surface area contributed by atoms with Gasteiger partial charge in [0.05, 0.1) is 33.4 Å². The molecule has 0 spiro atoms. The van der Waals surface area contributed by atoms with Gasteiger partial charge in [-0.3, -0.25) is 9.59 Å². The van der Waals surface area contributed by atoms with Crippen LogP contribution in [0.1, 0.15) is 18.9 Å². The van der Waals surface area contributed by atoms with E-state index in [-0.39, 0.29) is 36.8 Å². The molecule has 0 bridgehead atoms. The number of rotatable bonds is 12. The molecule has 9 heteroatoms. The van der Waals surface area contributed by atoms with E-state index in [9.17, 15) is 14.0 Å². The molecule has 0 heterocycles. The highest BCUT2D eigenvalue weighted by molar-refractivity contribution is 8.00. The van der Waals surface area contributed by atoms with E-state index in [2.05, 4.69) is 4.90 Å². The van der Waals surface area contributed by atoms with Crippen LogP contribution in [0.2, 0.25) is 0 Å². The molecule has 1 atom stereocenters. The van der Waals surface area contributed by atoms with Crippen molar-refractivity contribution >= 4 is 46.0 Å². The number of nitrogens with zero attached hydrogens (tertiary/aromatic N) is 2. The lowest BCUT2D eigenvalue weighted by Gasteiger charge is -2.33. The molecule has 0 aliphatic carbocycles.